The number of halogens is 4. The summed E-state index contributed by atoms with van der Waals surface area (Å²) in [6, 6.07) is 2.74. The van der Waals surface area contributed by atoms with Crippen molar-refractivity contribution in [2.45, 2.75) is 32.0 Å². The summed E-state index contributed by atoms with van der Waals surface area (Å²) in [4.78, 5) is 36.6. The molecule has 2 aliphatic rings. The molecule has 0 spiro atoms. The molecule has 1 saturated carbocycles. The molecule has 1 amide bonds. The molecule has 2 fully saturated rings. The van der Waals surface area contributed by atoms with E-state index in [1.54, 1.807) is 20.9 Å². The quantitative estimate of drug-likeness (QED) is 0.393. The maximum Gasteiger partial charge on any atom is 0.471 e. The zero-order valence-electron chi connectivity index (χ0n) is 18.3. The van der Waals surface area contributed by atoms with Gasteiger partial charge in [-0.1, -0.05) is 6.92 Å². The van der Waals surface area contributed by atoms with Gasteiger partial charge in [0.2, 0.25) is 5.43 Å². The summed E-state index contributed by atoms with van der Waals surface area (Å²) >= 11 is 0. The fourth-order valence-electron chi connectivity index (χ4n) is 4.32. The van der Waals surface area contributed by atoms with Gasteiger partial charge < -0.3 is 25.2 Å². The first-order valence-corrected chi connectivity index (χ1v) is 10.8. The van der Waals surface area contributed by atoms with Crippen molar-refractivity contribution in [3.63, 3.8) is 0 Å². The first-order chi connectivity index (χ1) is 15.9. The summed E-state index contributed by atoms with van der Waals surface area (Å²) < 4.78 is 53.2. The molecule has 0 radical (unpaired) electrons. The number of nitrogens with one attached hydrogen (secondary N) is 2. The highest BCUT2D eigenvalue weighted by Crippen LogP contribution is 2.40. The van der Waals surface area contributed by atoms with Crippen LogP contribution in [0.3, 0.4) is 0 Å². The Bertz CT molecular complexity index is 1200. The maximum atomic E-state index is 14.9. The molecule has 1 aliphatic heterocycles. The number of hydrogen-bond donors (Lipinski definition) is 3. The number of pyridine rings is 1. The van der Waals surface area contributed by atoms with Crippen LogP contribution >= 0.6 is 0 Å². The molecule has 8 nitrogen and oxygen atoms in total. The van der Waals surface area contributed by atoms with Gasteiger partial charge in [0.15, 0.2) is 0 Å². The molecule has 4 rings (SSSR count). The number of nitrogens with zero attached hydrogens (tertiary/aromatic N) is 2. The maximum absolute atomic E-state index is 14.9. The van der Waals surface area contributed by atoms with Gasteiger partial charge in [-0.2, -0.15) is 13.2 Å². The highest BCUT2D eigenvalue weighted by molar-refractivity contribution is 5.93. The van der Waals surface area contributed by atoms with Crippen molar-refractivity contribution in [2.24, 2.45) is 5.41 Å². The Kier molecular flexibility index (Phi) is 6.05. The standard InChI is InChI=1S/C22H24F4N4O4/c1-21(9-27-4-5-28-20(34)22(24,25)26)10-29(11-21)17-7-16-13(6-15(17)23)18(31)14(19(32)33)8-30(16)12-2-3-12/h6-8,12,27H,2-5,9-11H2,1H3,(H,28,34)(H,32,33). The van der Waals surface area contributed by atoms with Crippen molar-refractivity contribution in [1.29, 1.82) is 0 Å². The van der Waals surface area contributed by atoms with Gasteiger partial charge in [0.05, 0.1) is 11.2 Å². The molecule has 1 aliphatic carbocycles. The summed E-state index contributed by atoms with van der Waals surface area (Å²) in [5.41, 5.74) is -0.584. The van der Waals surface area contributed by atoms with Gasteiger partial charge in [-0.15, -0.1) is 0 Å². The van der Waals surface area contributed by atoms with Crippen LogP contribution in [0.5, 0.6) is 0 Å². The molecule has 12 heteroatoms. The van der Waals surface area contributed by atoms with E-state index in [0.717, 1.165) is 18.9 Å². The summed E-state index contributed by atoms with van der Waals surface area (Å²) in [6.45, 7) is 3.32. The number of anilines is 1. The summed E-state index contributed by atoms with van der Waals surface area (Å²) in [7, 11) is 0. The number of aromatic carboxylic acids is 1. The Morgan fingerprint density at radius 2 is 1.88 bits per heavy atom. The van der Waals surface area contributed by atoms with Crippen LogP contribution in [0.4, 0.5) is 23.2 Å². The lowest BCUT2D eigenvalue weighted by Gasteiger charge is -2.49. The van der Waals surface area contributed by atoms with Crippen molar-refractivity contribution in [2.75, 3.05) is 37.6 Å². The fourth-order valence-corrected chi connectivity index (χ4v) is 4.32. The topological polar surface area (TPSA) is 104 Å². The van der Waals surface area contributed by atoms with Crippen LogP contribution < -0.4 is 21.0 Å². The smallest absolute Gasteiger partial charge is 0.471 e. The van der Waals surface area contributed by atoms with E-state index in [9.17, 15) is 37.1 Å². The van der Waals surface area contributed by atoms with Crippen LogP contribution in [-0.2, 0) is 4.79 Å². The summed E-state index contributed by atoms with van der Waals surface area (Å²) in [6.07, 6.45) is -1.89. The lowest BCUT2D eigenvalue weighted by atomic mass is 9.81. The molecule has 1 saturated heterocycles. The molecule has 0 bridgehead atoms. The third-order valence-electron chi connectivity index (χ3n) is 6.15. The zero-order chi connectivity index (χ0) is 24.8. The van der Waals surface area contributed by atoms with Gasteiger partial charge in [0.25, 0.3) is 0 Å². The summed E-state index contributed by atoms with van der Waals surface area (Å²) in [5, 5.41) is 14.2. The first kappa shape index (κ1) is 24.0. The lowest BCUT2D eigenvalue weighted by Crippen LogP contribution is -2.59. The molecule has 0 atom stereocenters. The minimum absolute atomic E-state index is 0.0268. The number of fused-ring (bicyclic) bond motifs is 1. The number of amides is 1. The minimum atomic E-state index is -4.91. The molecule has 1 aromatic heterocycles. The van der Waals surface area contributed by atoms with Crippen LogP contribution in [0.25, 0.3) is 10.9 Å². The molecular weight excluding hydrogens is 460 g/mol. The average Bonchev–Trinajstić information content (AvgIpc) is 3.56. The number of carbonyl (C=O) groups is 2. The second-order valence-corrected chi connectivity index (χ2v) is 9.23. The van der Waals surface area contributed by atoms with Crippen LogP contribution in [-0.4, -0.2) is 60.5 Å². The van der Waals surface area contributed by atoms with E-state index in [1.165, 1.54) is 6.20 Å². The monoisotopic (exact) mass is 484 g/mol. The Labute approximate surface area is 191 Å². The molecule has 2 aromatic rings. The van der Waals surface area contributed by atoms with E-state index in [1.807, 2.05) is 6.92 Å². The van der Waals surface area contributed by atoms with Crippen LogP contribution in [0.15, 0.2) is 23.1 Å². The Hall–Kier alpha value is -3.15. The van der Waals surface area contributed by atoms with E-state index in [0.29, 0.717) is 30.8 Å². The van der Waals surface area contributed by atoms with Crippen LogP contribution in [0.1, 0.15) is 36.2 Å². The van der Waals surface area contributed by atoms with Gasteiger partial charge >= 0.3 is 18.1 Å². The third kappa shape index (κ3) is 4.72. The summed E-state index contributed by atoms with van der Waals surface area (Å²) in [5.74, 6) is -3.96. The number of carboxylic acids is 1. The van der Waals surface area contributed by atoms with Crippen molar-refractivity contribution < 1.29 is 32.3 Å². The zero-order valence-corrected chi connectivity index (χ0v) is 18.3. The van der Waals surface area contributed by atoms with Gasteiger partial charge in [-0.3, -0.25) is 9.59 Å². The number of rotatable bonds is 8. The molecular formula is C22H24F4N4O4. The number of carboxylic acid groups (broad SMARTS) is 1. The Balaban J connectivity index is 1.43. The average molecular weight is 484 g/mol. The van der Waals surface area contributed by atoms with E-state index in [4.69, 9.17) is 0 Å². The number of alkyl halides is 3. The van der Waals surface area contributed by atoms with Gasteiger partial charge in [-0.25, -0.2) is 9.18 Å². The van der Waals surface area contributed by atoms with E-state index in [-0.39, 0.29) is 35.5 Å². The van der Waals surface area contributed by atoms with Crippen molar-refractivity contribution in [1.82, 2.24) is 15.2 Å². The lowest BCUT2D eigenvalue weighted by molar-refractivity contribution is -0.173. The van der Waals surface area contributed by atoms with E-state index in [2.05, 4.69) is 5.32 Å². The predicted octanol–water partition coefficient (Wildman–Crippen LogP) is 2.27. The number of aromatic nitrogens is 1. The second kappa shape index (κ2) is 8.57. The van der Waals surface area contributed by atoms with Crippen LogP contribution in [0, 0.1) is 11.2 Å². The molecule has 3 N–H and O–H groups in total. The van der Waals surface area contributed by atoms with Crippen molar-refractivity contribution >= 4 is 28.5 Å². The minimum Gasteiger partial charge on any atom is -0.477 e. The second-order valence-electron chi connectivity index (χ2n) is 9.23. The van der Waals surface area contributed by atoms with Crippen molar-refractivity contribution in [3.8, 4) is 0 Å². The van der Waals surface area contributed by atoms with Gasteiger partial charge in [0, 0.05) is 55.8 Å². The van der Waals surface area contributed by atoms with E-state index >= 15 is 0 Å². The van der Waals surface area contributed by atoms with Crippen LogP contribution in [0.2, 0.25) is 0 Å². The number of hydrogen-bond acceptors (Lipinski definition) is 5. The predicted molar refractivity (Wildman–Crippen MR) is 116 cm³/mol. The SMILES string of the molecule is CC1(CNCCNC(=O)C(F)(F)F)CN(c2cc3c(cc2F)c(=O)c(C(=O)O)cn3C2CC2)C1. The molecule has 0 unspecified atom stereocenters. The molecule has 2 heterocycles. The first-order valence-electron chi connectivity index (χ1n) is 10.8. The normalized spacial score (nSPS) is 17.5. The molecule has 1 aromatic carbocycles. The van der Waals surface area contributed by atoms with Gasteiger partial charge in [0.1, 0.15) is 11.4 Å². The molecule has 184 valence electrons. The number of carbonyl (C=O) groups excluding carboxylic acids is 1. The fraction of sp³-hybridized carbons (Fsp3) is 0.500. The van der Waals surface area contributed by atoms with E-state index < -0.39 is 29.3 Å². The third-order valence-corrected chi connectivity index (χ3v) is 6.15. The van der Waals surface area contributed by atoms with Gasteiger partial charge in [-0.05, 0) is 25.0 Å². The largest absolute Gasteiger partial charge is 0.477 e. The number of benzene rings is 1. The highest BCUT2D eigenvalue weighted by atomic mass is 19.4. The highest BCUT2D eigenvalue weighted by Gasteiger charge is 2.40. The van der Waals surface area contributed by atoms with Crippen molar-refractivity contribution in [3.05, 3.63) is 39.9 Å². The molecule has 34 heavy (non-hydrogen) atoms. The Morgan fingerprint density at radius 3 is 2.47 bits per heavy atom. The Morgan fingerprint density at radius 1 is 1.21 bits per heavy atom.